The summed E-state index contributed by atoms with van der Waals surface area (Å²) in [6.07, 6.45) is 1.12. The monoisotopic (exact) mass is 564 g/mol. The van der Waals surface area contributed by atoms with Crippen LogP contribution in [0.1, 0.15) is 44.9 Å². The molecule has 4 rings (SSSR count). The van der Waals surface area contributed by atoms with Crippen LogP contribution < -0.4 is 10.6 Å². The van der Waals surface area contributed by atoms with Crippen molar-refractivity contribution in [2.75, 3.05) is 18.6 Å². The second-order valence-electron chi connectivity index (χ2n) is 8.55. The van der Waals surface area contributed by atoms with Gasteiger partial charge >= 0.3 is 12.1 Å². The van der Waals surface area contributed by atoms with E-state index in [-0.39, 0.29) is 23.1 Å². The van der Waals surface area contributed by atoms with E-state index in [0.717, 1.165) is 11.1 Å². The lowest BCUT2D eigenvalue weighted by atomic mass is 10.0. The van der Waals surface area contributed by atoms with Crippen LogP contribution in [0.15, 0.2) is 67.0 Å². The van der Waals surface area contributed by atoms with E-state index >= 15 is 0 Å². The molecule has 0 fully saturated rings. The Morgan fingerprint density at radius 3 is 2.42 bits per heavy atom. The Kier molecular flexibility index (Phi) is 8.34. The molecule has 12 heteroatoms. The molecule has 0 aliphatic carbocycles. The molecule has 2 heterocycles. The lowest BCUT2D eigenvalue weighted by molar-refractivity contribution is -0.0811. The summed E-state index contributed by atoms with van der Waals surface area (Å²) in [5.74, 6) is -1.74. The van der Waals surface area contributed by atoms with Crippen molar-refractivity contribution < 1.29 is 33.4 Å². The summed E-state index contributed by atoms with van der Waals surface area (Å²) in [5.41, 5.74) is 8.64. The number of fused-ring (bicyclic) bond motifs is 1. The van der Waals surface area contributed by atoms with Crippen molar-refractivity contribution in [3.8, 4) is 11.1 Å². The van der Waals surface area contributed by atoms with Gasteiger partial charge in [0.2, 0.25) is 12.2 Å². The third kappa shape index (κ3) is 6.05. The molecule has 2 aromatic carbocycles. The number of hydrogen-bond donors (Lipinski definition) is 1. The molecule has 0 spiro atoms. The Morgan fingerprint density at radius 1 is 1.02 bits per heavy atom. The largest absolute Gasteiger partial charge is 0.511 e. The Balaban J connectivity index is 1.56. The SMILES string of the molecule is CCOC(=O)O[C@H](C)OC(=O)c1cc(N(C)C(=O)c2ccn3ncc(-c4ccc(C(N)=O)cc4)c3c2)ccc1Cl. The molecule has 0 saturated carbocycles. The summed E-state index contributed by atoms with van der Waals surface area (Å²) < 4.78 is 16.3. The normalized spacial score (nSPS) is 11.5. The zero-order valence-electron chi connectivity index (χ0n) is 21.8. The fraction of sp³-hybridized carbons (Fsp3) is 0.179. The number of hydrogen-bond acceptors (Lipinski definition) is 8. The van der Waals surface area contributed by atoms with Gasteiger partial charge in [-0.15, -0.1) is 0 Å². The lowest BCUT2D eigenvalue weighted by Crippen LogP contribution is -2.27. The van der Waals surface area contributed by atoms with E-state index in [0.29, 0.717) is 22.3 Å². The maximum absolute atomic E-state index is 13.4. The fourth-order valence-electron chi connectivity index (χ4n) is 3.87. The van der Waals surface area contributed by atoms with E-state index in [1.807, 2.05) is 0 Å². The highest BCUT2D eigenvalue weighted by atomic mass is 35.5. The predicted molar refractivity (Wildman–Crippen MR) is 146 cm³/mol. The van der Waals surface area contributed by atoms with Crippen molar-refractivity contribution in [1.82, 2.24) is 9.61 Å². The average Bonchev–Trinajstić information content (AvgIpc) is 3.35. The molecule has 206 valence electrons. The topological polar surface area (TPSA) is 143 Å². The van der Waals surface area contributed by atoms with Crippen LogP contribution >= 0.6 is 11.6 Å². The Morgan fingerprint density at radius 2 is 1.75 bits per heavy atom. The molecule has 2 aromatic heterocycles. The number of nitrogens with zero attached hydrogens (tertiary/aromatic N) is 3. The molecular weight excluding hydrogens is 540 g/mol. The number of halogens is 1. The number of ether oxygens (including phenoxy) is 3. The quantitative estimate of drug-likeness (QED) is 0.239. The molecular formula is C28H25ClN4O7. The first kappa shape index (κ1) is 28.1. The highest BCUT2D eigenvalue weighted by molar-refractivity contribution is 6.33. The van der Waals surface area contributed by atoms with E-state index in [2.05, 4.69) is 9.84 Å². The maximum atomic E-state index is 13.4. The van der Waals surface area contributed by atoms with Crippen LogP contribution in [0.3, 0.4) is 0 Å². The highest BCUT2D eigenvalue weighted by Crippen LogP contribution is 2.28. The van der Waals surface area contributed by atoms with Gasteiger partial charge in [0.15, 0.2) is 0 Å². The number of primary amides is 1. The van der Waals surface area contributed by atoms with Gasteiger partial charge in [0.25, 0.3) is 5.91 Å². The number of nitrogens with two attached hydrogens (primary N) is 1. The molecule has 0 radical (unpaired) electrons. The van der Waals surface area contributed by atoms with Gasteiger partial charge in [-0.25, -0.2) is 14.1 Å². The van der Waals surface area contributed by atoms with E-state index < -0.39 is 24.3 Å². The van der Waals surface area contributed by atoms with Crippen molar-refractivity contribution in [2.45, 2.75) is 20.1 Å². The van der Waals surface area contributed by atoms with Gasteiger partial charge in [0.05, 0.1) is 28.9 Å². The van der Waals surface area contributed by atoms with Gasteiger partial charge < -0.3 is 24.8 Å². The van der Waals surface area contributed by atoms with Gasteiger partial charge in [-0.1, -0.05) is 23.7 Å². The summed E-state index contributed by atoms with van der Waals surface area (Å²) in [6.45, 7) is 3.07. The third-order valence-corrected chi connectivity index (χ3v) is 6.24. The molecule has 11 nitrogen and oxygen atoms in total. The van der Waals surface area contributed by atoms with Gasteiger partial charge in [-0.3, -0.25) is 9.59 Å². The first-order valence-electron chi connectivity index (χ1n) is 12.1. The molecule has 0 aliphatic rings. The van der Waals surface area contributed by atoms with Gasteiger partial charge in [0.1, 0.15) is 0 Å². The summed E-state index contributed by atoms with van der Waals surface area (Å²) in [5, 5.41) is 4.43. The minimum absolute atomic E-state index is 0.0222. The second-order valence-corrected chi connectivity index (χ2v) is 8.95. The predicted octanol–water partition coefficient (Wildman–Crippen LogP) is 4.71. The van der Waals surface area contributed by atoms with Crippen molar-refractivity contribution in [2.24, 2.45) is 5.73 Å². The van der Waals surface area contributed by atoms with Gasteiger partial charge in [-0.2, -0.15) is 5.10 Å². The van der Waals surface area contributed by atoms with Crippen LogP contribution in [0.2, 0.25) is 5.02 Å². The first-order chi connectivity index (χ1) is 19.1. The van der Waals surface area contributed by atoms with Crippen LogP contribution in [0.25, 0.3) is 16.6 Å². The maximum Gasteiger partial charge on any atom is 0.511 e. The molecule has 0 unspecified atom stereocenters. The summed E-state index contributed by atoms with van der Waals surface area (Å²) in [7, 11) is 1.55. The number of amides is 2. The fourth-order valence-corrected chi connectivity index (χ4v) is 4.06. The molecule has 0 saturated heterocycles. The summed E-state index contributed by atoms with van der Waals surface area (Å²) in [4.78, 5) is 50.4. The number of benzene rings is 2. The van der Waals surface area contributed by atoms with Crippen molar-refractivity contribution in [3.05, 3.63) is 88.7 Å². The van der Waals surface area contributed by atoms with Crippen LogP contribution in [-0.4, -0.2) is 53.5 Å². The number of rotatable bonds is 8. The number of anilines is 1. The molecule has 0 bridgehead atoms. The Bertz CT molecular complexity index is 1600. The van der Waals surface area contributed by atoms with Crippen LogP contribution in [-0.2, 0) is 14.2 Å². The lowest BCUT2D eigenvalue weighted by Gasteiger charge is -2.19. The molecule has 2 N–H and O–H groups in total. The number of pyridine rings is 1. The number of carbonyl (C=O) groups excluding carboxylic acids is 4. The number of aromatic nitrogens is 2. The molecule has 1 atom stereocenters. The molecule has 2 amide bonds. The zero-order chi connectivity index (χ0) is 29.0. The number of esters is 1. The van der Waals surface area contributed by atoms with Gasteiger partial charge in [-0.05, 0) is 55.0 Å². The van der Waals surface area contributed by atoms with Crippen LogP contribution in [0.4, 0.5) is 10.5 Å². The molecule has 4 aromatic rings. The number of carbonyl (C=O) groups is 4. The first-order valence-corrected chi connectivity index (χ1v) is 12.5. The summed E-state index contributed by atoms with van der Waals surface area (Å²) in [6, 6.07) is 14.5. The highest BCUT2D eigenvalue weighted by Gasteiger charge is 2.22. The standard InChI is InChI=1S/C28H25ClN4O7/c1-4-38-28(37)40-16(2)39-27(36)21-14-20(9-10-23(21)29)32(3)26(35)19-11-12-33-24(13-19)22(15-31-33)17-5-7-18(8-6-17)25(30)34/h5-16H,4H2,1-3H3,(H2,30,34)/t16-/m1/s1. The van der Waals surface area contributed by atoms with Gasteiger partial charge in [0, 0.05) is 42.5 Å². The third-order valence-electron chi connectivity index (χ3n) is 5.91. The van der Waals surface area contributed by atoms with Crippen molar-refractivity contribution >= 4 is 46.7 Å². The van der Waals surface area contributed by atoms with Crippen LogP contribution in [0.5, 0.6) is 0 Å². The Hall–Kier alpha value is -4.90. The minimum Gasteiger partial charge on any atom is -0.435 e. The van der Waals surface area contributed by atoms with Crippen molar-refractivity contribution in [3.63, 3.8) is 0 Å². The van der Waals surface area contributed by atoms with E-state index in [1.54, 1.807) is 73.3 Å². The average molecular weight is 565 g/mol. The second kappa shape index (κ2) is 11.9. The summed E-state index contributed by atoms with van der Waals surface area (Å²) >= 11 is 6.21. The van der Waals surface area contributed by atoms with E-state index in [9.17, 15) is 19.2 Å². The minimum atomic E-state index is -1.23. The Labute approximate surface area is 234 Å². The van der Waals surface area contributed by atoms with Crippen LogP contribution in [0, 0.1) is 0 Å². The zero-order valence-corrected chi connectivity index (χ0v) is 22.5. The van der Waals surface area contributed by atoms with Crippen molar-refractivity contribution in [1.29, 1.82) is 0 Å². The van der Waals surface area contributed by atoms with E-state index in [4.69, 9.17) is 26.8 Å². The smallest absolute Gasteiger partial charge is 0.435 e. The molecule has 0 aliphatic heterocycles. The molecule has 40 heavy (non-hydrogen) atoms. The van der Waals surface area contributed by atoms with E-state index in [1.165, 1.54) is 24.0 Å².